The summed E-state index contributed by atoms with van der Waals surface area (Å²) in [6.45, 7) is 2.43. The predicted molar refractivity (Wildman–Crippen MR) is 294 cm³/mol. The Balaban J connectivity index is 1.12. The summed E-state index contributed by atoms with van der Waals surface area (Å²) in [6, 6.07) is 71.0. The standard InChI is InChI=1S/C61H42B3N5/c1-37-19-18-34-53-56(37)63-58-55(57-60-59-61(58)69(53)52-33-17-12-28-45(52)64(59)44-27-11-16-32-51(44)68(60)50-31-15-10-26-43(50)62-57)54-46(65-38-20-4-2-5-21-38)35-40(36-47(54)66-39-22-6-3-7-23-39)67-48-29-13-8-24-41(48)42-25-9-14-30-49(42)67/h2-18,20-37,65-66H,19H2,1H3. The highest BCUT2D eigenvalue weighted by molar-refractivity contribution is 7.02. The Labute approximate surface area is 403 Å². The number of hydrogen-bond acceptors (Lipinski definition) is 4. The van der Waals surface area contributed by atoms with Crippen LogP contribution in [-0.2, 0) is 0 Å². The minimum atomic E-state index is 0.0298. The summed E-state index contributed by atoms with van der Waals surface area (Å²) in [5.41, 5.74) is 26.3. The number of nitrogens with one attached hydrogen (secondary N) is 2. The monoisotopic (exact) mass is 877 g/mol. The smallest absolute Gasteiger partial charge is 0.252 e. The highest BCUT2D eigenvalue weighted by Crippen LogP contribution is 2.50. The van der Waals surface area contributed by atoms with Gasteiger partial charge in [0.05, 0.1) is 28.1 Å². The van der Waals surface area contributed by atoms with Crippen molar-refractivity contribution in [3.63, 3.8) is 0 Å². The van der Waals surface area contributed by atoms with Crippen molar-refractivity contribution in [3.8, 4) is 16.8 Å². The summed E-state index contributed by atoms with van der Waals surface area (Å²) >= 11 is 0. The van der Waals surface area contributed by atoms with Crippen molar-refractivity contribution in [1.82, 2.24) is 4.57 Å². The Morgan fingerprint density at radius 2 is 1.04 bits per heavy atom. The number of fused-ring (bicyclic) bond motifs is 12. The molecule has 10 aromatic rings. The highest BCUT2D eigenvalue weighted by atomic mass is 15.2. The molecule has 2 N–H and O–H groups in total. The van der Waals surface area contributed by atoms with E-state index in [9.17, 15) is 0 Å². The molecule has 8 heteroatoms. The second-order valence-corrected chi connectivity index (χ2v) is 19.0. The third-order valence-corrected chi connectivity index (χ3v) is 15.2. The number of anilines is 9. The number of benzene rings is 9. The van der Waals surface area contributed by atoms with Gasteiger partial charge in [-0.15, -0.1) is 0 Å². The molecule has 0 amide bonds. The zero-order valence-corrected chi connectivity index (χ0v) is 38.0. The normalized spacial score (nSPS) is 15.4. The summed E-state index contributed by atoms with van der Waals surface area (Å²) in [7, 11) is 5.07. The SMILES string of the molecule is CC1CC=CC2=C1[B]c1c(-c3c(Nc4ccccc4)cc(-n4c5ccccc5c5ccccc54)cc3Nc3ccccc3)c3c4c5c1N2c1ccccc1B5c1ccccc1N4c1ccccc1[B]3. The average Bonchev–Trinajstić information content (AvgIpc) is 3.74. The average molecular weight is 877 g/mol. The van der Waals surface area contributed by atoms with Gasteiger partial charge in [-0.2, -0.15) is 0 Å². The van der Waals surface area contributed by atoms with Crippen LogP contribution in [-0.4, -0.2) is 25.8 Å². The summed E-state index contributed by atoms with van der Waals surface area (Å²) in [6.07, 6.45) is 5.76. The molecule has 1 aliphatic carbocycles. The minimum Gasteiger partial charge on any atom is -0.355 e. The molecule has 5 aliphatic rings. The van der Waals surface area contributed by atoms with Crippen molar-refractivity contribution in [2.24, 2.45) is 5.92 Å². The van der Waals surface area contributed by atoms with Crippen LogP contribution >= 0.6 is 0 Å². The number of para-hydroxylation sites is 7. The molecule has 320 valence electrons. The maximum atomic E-state index is 4.08. The number of rotatable bonds is 6. The fourth-order valence-corrected chi connectivity index (χ4v) is 12.4. The lowest BCUT2D eigenvalue weighted by atomic mass is 9.31. The Morgan fingerprint density at radius 1 is 0.522 bits per heavy atom. The van der Waals surface area contributed by atoms with E-state index >= 15 is 0 Å². The second kappa shape index (κ2) is 14.8. The van der Waals surface area contributed by atoms with Gasteiger partial charge in [-0.1, -0.05) is 162 Å². The van der Waals surface area contributed by atoms with E-state index in [0.717, 1.165) is 51.5 Å². The van der Waals surface area contributed by atoms with Crippen LogP contribution in [0.3, 0.4) is 0 Å². The van der Waals surface area contributed by atoms with Gasteiger partial charge in [0.15, 0.2) is 14.6 Å². The van der Waals surface area contributed by atoms with Gasteiger partial charge in [0, 0.05) is 61.8 Å². The van der Waals surface area contributed by atoms with Crippen LogP contribution in [0.25, 0.3) is 38.6 Å². The molecule has 1 unspecified atom stereocenters. The Morgan fingerprint density at radius 3 is 1.70 bits per heavy atom. The number of aromatic nitrogens is 1. The van der Waals surface area contributed by atoms with Crippen LogP contribution < -0.4 is 53.2 Å². The Kier molecular flexibility index (Phi) is 8.32. The molecule has 1 atom stereocenters. The quantitative estimate of drug-likeness (QED) is 0.163. The third kappa shape index (κ3) is 5.57. The van der Waals surface area contributed by atoms with Gasteiger partial charge in [0.2, 0.25) is 0 Å². The van der Waals surface area contributed by atoms with Crippen LogP contribution in [0.15, 0.2) is 217 Å². The summed E-state index contributed by atoms with van der Waals surface area (Å²) < 4.78 is 2.44. The van der Waals surface area contributed by atoms with Crippen molar-refractivity contribution in [1.29, 1.82) is 0 Å². The molecule has 15 rings (SSSR count). The van der Waals surface area contributed by atoms with E-state index in [-0.39, 0.29) is 6.71 Å². The van der Waals surface area contributed by atoms with E-state index in [1.165, 1.54) is 88.7 Å². The van der Waals surface area contributed by atoms with E-state index in [1.807, 2.05) is 0 Å². The van der Waals surface area contributed by atoms with Crippen molar-refractivity contribution >= 4 is 127 Å². The fraction of sp³-hybridized carbons (Fsp3) is 0.0492. The second-order valence-electron chi connectivity index (χ2n) is 19.0. The molecule has 9 aromatic carbocycles. The lowest BCUT2D eigenvalue weighted by Crippen LogP contribution is -2.67. The summed E-state index contributed by atoms with van der Waals surface area (Å²) in [5.74, 6) is 0.326. The fourth-order valence-electron chi connectivity index (χ4n) is 12.4. The highest BCUT2D eigenvalue weighted by Gasteiger charge is 2.50. The van der Waals surface area contributed by atoms with Crippen molar-refractivity contribution in [2.45, 2.75) is 13.3 Å². The molecule has 0 saturated carbocycles. The van der Waals surface area contributed by atoms with Crippen LogP contribution in [0, 0.1) is 5.92 Å². The molecular weight excluding hydrogens is 835 g/mol. The number of allylic oxidation sites excluding steroid dienone is 3. The molecule has 1 aromatic heterocycles. The van der Waals surface area contributed by atoms with Gasteiger partial charge in [0.25, 0.3) is 6.71 Å². The molecule has 2 radical (unpaired) electrons. The summed E-state index contributed by atoms with van der Waals surface area (Å²) in [5, 5.41) is 10.6. The zero-order valence-electron chi connectivity index (χ0n) is 38.0. The molecule has 5 nitrogen and oxygen atoms in total. The molecular formula is C61H42B3N5. The Hall–Kier alpha value is -8.35. The molecule has 0 bridgehead atoms. The predicted octanol–water partition coefficient (Wildman–Crippen LogP) is 10.8. The topological polar surface area (TPSA) is 35.5 Å². The molecule has 5 heterocycles. The first-order valence-corrected chi connectivity index (χ1v) is 24.2. The van der Waals surface area contributed by atoms with Crippen LogP contribution in [0.4, 0.5) is 51.2 Å². The number of hydrogen-bond donors (Lipinski definition) is 2. The van der Waals surface area contributed by atoms with Gasteiger partial charge in [-0.3, -0.25) is 0 Å². The molecule has 69 heavy (non-hydrogen) atoms. The van der Waals surface area contributed by atoms with Crippen LogP contribution in [0.1, 0.15) is 13.3 Å². The molecule has 0 spiro atoms. The zero-order chi connectivity index (χ0) is 45.3. The third-order valence-electron chi connectivity index (χ3n) is 15.2. The van der Waals surface area contributed by atoms with Crippen molar-refractivity contribution < 1.29 is 0 Å². The maximum Gasteiger partial charge on any atom is 0.252 e. The lowest BCUT2D eigenvalue weighted by molar-refractivity contribution is 0.707. The first-order chi connectivity index (χ1) is 34.2. The summed E-state index contributed by atoms with van der Waals surface area (Å²) in [4.78, 5) is 5.22. The van der Waals surface area contributed by atoms with E-state index in [0.29, 0.717) is 5.92 Å². The van der Waals surface area contributed by atoms with Gasteiger partial charge in [0.1, 0.15) is 0 Å². The van der Waals surface area contributed by atoms with E-state index < -0.39 is 0 Å². The van der Waals surface area contributed by atoms with E-state index in [4.69, 9.17) is 0 Å². The van der Waals surface area contributed by atoms with Crippen LogP contribution in [0.5, 0.6) is 0 Å². The van der Waals surface area contributed by atoms with Gasteiger partial charge in [-0.25, -0.2) is 0 Å². The van der Waals surface area contributed by atoms with E-state index in [2.05, 4.69) is 253 Å². The maximum absolute atomic E-state index is 4.08. The largest absolute Gasteiger partial charge is 0.355 e. The van der Waals surface area contributed by atoms with Crippen LogP contribution in [0.2, 0.25) is 0 Å². The Bertz CT molecular complexity index is 3760. The van der Waals surface area contributed by atoms with Gasteiger partial charge < -0.3 is 25.0 Å². The van der Waals surface area contributed by atoms with Gasteiger partial charge in [-0.05, 0) is 107 Å². The molecule has 4 aliphatic heterocycles. The van der Waals surface area contributed by atoms with Crippen molar-refractivity contribution in [2.75, 3.05) is 20.4 Å². The van der Waals surface area contributed by atoms with Gasteiger partial charge >= 0.3 is 0 Å². The number of nitrogens with zero attached hydrogens (tertiary/aromatic N) is 3. The van der Waals surface area contributed by atoms with Crippen molar-refractivity contribution in [3.05, 3.63) is 217 Å². The van der Waals surface area contributed by atoms with E-state index in [1.54, 1.807) is 0 Å². The lowest BCUT2D eigenvalue weighted by Gasteiger charge is -2.51. The first kappa shape index (κ1) is 38.7. The minimum absolute atomic E-state index is 0.0298. The first-order valence-electron chi connectivity index (χ1n) is 24.2. The molecule has 0 saturated heterocycles. The molecule has 0 fully saturated rings.